The molecule has 0 atom stereocenters. The maximum atomic E-state index is 12.3. The van der Waals surface area contributed by atoms with Gasteiger partial charge in [-0.1, -0.05) is 33.6 Å². The molecule has 0 spiro atoms. The Bertz CT molecular complexity index is 752. The number of carbonyl (C=O) groups excluding carboxylic acids is 2. The van der Waals surface area contributed by atoms with Crippen molar-refractivity contribution >= 4 is 45.0 Å². The summed E-state index contributed by atoms with van der Waals surface area (Å²) in [5, 5.41) is 5.75. The van der Waals surface area contributed by atoms with Crippen LogP contribution in [-0.4, -0.2) is 25.0 Å². The zero-order chi connectivity index (χ0) is 17.5. The van der Waals surface area contributed by atoms with E-state index in [1.165, 1.54) is 0 Å². The first kappa shape index (κ1) is 18.3. The SMILES string of the molecule is CCNC(=O)COc1cccc(NC(=O)c2ccc(Br)cc2Cl)c1. The first-order valence-electron chi connectivity index (χ1n) is 7.25. The van der Waals surface area contributed by atoms with Gasteiger partial charge in [-0.15, -0.1) is 0 Å². The predicted molar refractivity (Wildman–Crippen MR) is 97.7 cm³/mol. The highest BCUT2D eigenvalue weighted by Crippen LogP contribution is 2.23. The van der Waals surface area contributed by atoms with Gasteiger partial charge in [0.05, 0.1) is 10.6 Å². The molecular formula is C17H16BrClN2O3. The molecule has 2 N–H and O–H groups in total. The standard InChI is InChI=1S/C17H16BrClN2O3/c1-2-20-16(22)10-24-13-5-3-4-12(9-13)21-17(23)14-7-6-11(18)8-15(14)19/h3-9H,2,10H2,1H3,(H,20,22)(H,21,23). The fourth-order valence-electron chi connectivity index (χ4n) is 1.93. The molecule has 0 radical (unpaired) electrons. The third kappa shape index (κ3) is 5.25. The number of hydrogen-bond acceptors (Lipinski definition) is 3. The van der Waals surface area contributed by atoms with Crippen molar-refractivity contribution in [3.63, 3.8) is 0 Å². The second-order valence-electron chi connectivity index (χ2n) is 4.85. The van der Waals surface area contributed by atoms with E-state index >= 15 is 0 Å². The zero-order valence-electron chi connectivity index (χ0n) is 12.9. The van der Waals surface area contributed by atoms with E-state index in [4.69, 9.17) is 16.3 Å². The van der Waals surface area contributed by atoms with Crippen LogP contribution in [0.5, 0.6) is 5.75 Å². The quantitative estimate of drug-likeness (QED) is 0.758. The molecule has 0 fully saturated rings. The Kier molecular flexibility index (Phi) is 6.63. The number of carbonyl (C=O) groups is 2. The number of likely N-dealkylation sites (N-methyl/N-ethyl adjacent to an activating group) is 1. The summed E-state index contributed by atoms with van der Waals surface area (Å²) in [5.41, 5.74) is 0.917. The van der Waals surface area contributed by atoms with E-state index in [1.807, 2.05) is 6.92 Å². The predicted octanol–water partition coefficient (Wildman–Crippen LogP) is 3.87. The average Bonchev–Trinajstić information content (AvgIpc) is 2.53. The molecule has 0 unspecified atom stereocenters. The summed E-state index contributed by atoms with van der Waals surface area (Å²) in [6.07, 6.45) is 0. The normalized spacial score (nSPS) is 10.1. The minimum Gasteiger partial charge on any atom is -0.484 e. The number of anilines is 1. The van der Waals surface area contributed by atoms with Crippen molar-refractivity contribution in [3.05, 3.63) is 57.5 Å². The third-order valence-corrected chi connectivity index (χ3v) is 3.82. The second kappa shape index (κ2) is 8.70. The second-order valence-corrected chi connectivity index (χ2v) is 6.17. The van der Waals surface area contributed by atoms with Gasteiger partial charge in [-0.3, -0.25) is 9.59 Å². The molecule has 0 aliphatic rings. The Morgan fingerprint density at radius 2 is 2.00 bits per heavy atom. The summed E-state index contributed by atoms with van der Waals surface area (Å²) in [7, 11) is 0. The van der Waals surface area contributed by atoms with Gasteiger partial charge in [-0.25, -0.2) is 0 Å². The molecule has 7 heteroatoms. The van der Waals surface area contributed by atoms with E-state index in [2.05, 4.69) is 26.6 Å². The fourth-order valence-corrected chi connectivity index (χ4v) is 2.69. The molecular weight excluding hydrogens is 396 g/mol. The fraction of sp³-hybridized carbons (Fsp3) is 0.176. The molecule has 2 rings (SSSR count). The van der Waals surface area contributed by atoms with Crippen molar-refractivity contribution in [3.8, 4) is 5.75 Å². The molecule has 2 aromatic carbocycles. The lowest BCUT2D eigenvalue weighted by Gasteiger charge is -2.10. The third-order valence-electron chi connectivity index (χ3n) is 3.01. The molecule has 2 aromatic rings. The molecule has 0 aromatic heterocycles. The highest BCUT2D eigenvalue weighted by Gasteiger charge is 2.11. The van der Waals surface area contributed by atoms with Gasteiger partial charge in [-0.2, -0.15) is 0 Å². The van der Waals surface area contributed by atoms with Crippen molar-refractivity contribution in [1.82, 2.24) is 5.32 Å². The van der Waals surface area contributed by atoms with E-state index in [-0.39, 0.29) is 18.4 Å². The van der Waals surface area contributed by atoms with Crippen LogP contribution in [0.25, 0.3) is 0 Å². The molecule has 24 heavy (non-hydrogen) atoms. The van der Waals surface area contributed by atoms with E-state index in [0.29, 0.717) is 28.6 Å². The number of hydrogen-bond donors (Lipinski definition) is 2. The lowest BCUT2D eigenvalue weighted by molar-refractivity contribution is -0.122. The number of halogens is 2. The van der Waals surface area contributed by atoms with Crippen molar-refractivity contribution in [1.29, 1.82) is 0 Å². The minimum absolute atomic E-state index is 0.0796. The Balaban J connectivity index is 2.03. The zero-order valence-corrected chi connectivity index (χ0v) is 15.3. The van der Waals surface area contributed by atoms with Gasteiger partial charge in [0.15, 0.2) is 6.61 Å². The highest BCUT2D eigenvalue weighted by atomic mass is 79.9. The summed E-state index contributed by atoms with van der Waals surface area (Å²) < 4.78 is 6.19. The summed E-state index contributed by atoms with van der Waals surface area (Å²) in [4.78, 5) is 23.7. The molecule has 0 saturated heterocycles. The molecule has 0 heterocycles. The van der Waals surface area contributed by atoms with Crippen LogP contribution >= 0.6 is 27.5 Å². The summed E-state index contributed by atoms with van der Waals surface area (Å²) in [6.45, 7) is 2.30. The molecule has 0 aliphatic carbocycles. The number of benzene rings is 2. The van der Waals surface area contributed by atoms with Crippen molar-refractivity contribution in [2.75, 3.05) is 18.5 Å². The number of rotatable bonds is 6. The van der Waals surface area contributed by atoms with Gasteiger partial charge in [-0.05, 0) is 37.3 Å². The first-order valence-corrected chi connectivity index (χ1v) is 8.42. The van der Waals surface area contributed by atoms with Crippen molar-refractivity contribution < 1.29 is 14.3 Å². The lowest BCUT2D eigenvalue weighted by atomic mass is 10.2. The molecule has 0 aliphatic heterocycles. The van der Waals surface area contributed by atoms with Crippen LogP contribution in [0.1, 0.15) is 17.3 Å². The van der Waals surface area contributed by atoms with E-state index < -0.39 is 0 Å². The maximum Gasteiger partial charge on any atom is 0.257 e. The smallest absolute Gasteiger partial charge is 0.257 e. The first-order chi connectivity index (χ1) is 11.5. The van der Waals surface area contributed by atoms with Gasteiger partial charge in [0.25, 0.3) is 11.8 Å². The van der Waals surface area contributed by atoms with Crippen LogP contribution in [0.4, 0.5) is 5.69 Å². The van der Waals surface area contributed by atoms with E-state index in [0.717, 1.165) is 4.47 Å². The van der Waals surface area contributed by atoms with Crippen LogP contribution < -0.4 is 15.4 Å². The monoisotopic (exact) mass is 410 g/mol. The van der Waals surface area contributed by atoms with Crippen LogP contribution in [-0.2, 0) is 4.79 Å². The number of amides is 2. The minimum atomic E-state index is -0.326. The molecule has 5 nitrogen and oxygen atoms in total. The average molecular weight is 412 g/mol. The van der Waals surface area contributed by atoms with Gasteiger partial charge in [0.1, 0.15) is 5.75 Å². The van der Waals surface area contributed by atoms with Crippen molar-refractivity contribution in [2.24, 2.45) is 0 Å². The van der Waals surface area contributed by atoms with Gasteiger partial charge < -0.3 is 15.4 Å². The van der Waals surface area contributed by atoms with Crippen LogP contribution in [0.3, 0.4) is 0 Å². The molecule has 126 valence electrons. The number of nitrogens with one attached hydrogen (secondary N) is 2. The Morgan fingerprint density at radius 3 is 2.71 bits per heavy atom. The Labute approximate surface area is 153 Å². The summed E-state index contributed by atoms with van der Waals surface area (Å²) in [6, 6.07) is 11.8. The van der Waals surface area contributed by atoms with Crippen LogP contribution in [0.15, 0.2) is 46.9 Å². The Hall–Kier alpha value is -2.05. The van der Waals surface area contributed by atoms with Gasteiger partial charge >= 0.3 is 0 Å². The molecule has 0 saturated carbocycles. The van der Waals surface area contributed by atoms with Crippen molar-refractivity contribution in [2.45, 2.75) is 6.92 Å². The Morgan fingerprint density at radius 1 is 1.21 bits per heavy atom. The van der Waals surface area contributed by atoms with Crippen LogP contribution in [0.2, 0.25) is 5.02 Å². The lowest BCUT2D eigenvalue weighted by Crippen LogP contribution is -2.28. The molecule has 2 amide bonds. The summed E-state index contributed by atoms with van der Waals surface area (Å²) in [5.74, 6) is -0.0390. The van der Waals surface area contributed by atoms with E-state index in [1.54, 1.807) is 42.5 Å². The highest BCUT2D eigenvalue weighted by molar-refractivity contribution is 9.10. The van der Waals surface area contributed by atoms with Gasteiger partial charge in [0.2, 0.25) is 0 Å². The maximum absolute atomic E-state index is 12.3. The summed E-state index contributed by atoms with van der Waals surface area (Å²) >= 11 is 9.37. The van der Waals surface area contributed by atoms with E-state index in [9.17, 15) is 9.59 Å². The van der Waals surface area contributed by atoms with Crippen LogP contribution in [0, 0.1) is 0 Å². The number of ether oxygens (including phenoxy) is 1. The topological polar surface area (TPSA) is 67.4 Å². The van der Waals surface area contributed by atoms with Gasteiger partial charge in [0, 0.05) is 22.8 Å². The largest absolute Gasteiger partial charge is 0.484 e. The molecule has 0 bridgehead atoms.